The molecule has 0 radical (unpaired) electrons. The molecule has 0 saturated carbocycles. The van der Waals surface area contributed by atoms with E-state index in [4.69, 9.17) is 6.42 Å². The number of aromatic nitrogens is 3. The van der Waals surface area contributed by atoms with Crippen LogP contribution < -0.4 is 5.56 Å². The van der Waals surface area contributed by atoms with Gasteiger partial charge in [0.05, 0.1) is 11.3 Å². The van der Waals surface area contributed by atoms with Crippen molar-refractivity contribution in [2.45, 2.75) is 0 Å². The van der Waals surface area contributed by atoms with Gasteiger partial charge in [-0.1, -0.05) is 24.1 Å². The third-order valence-electron chi connectivity index (χ3n) is 2.77. The Morgan fingerprint density at radius 3 is 2.67 bits per heavy atom. The van der Waals surface area contributed by atoms with E-state index in [1.165, 1.54) is 15.4 Å². The SMILES string of the molecule is C#Cc1ccn2ncn(-c3ccccc3)c(=O)c12. The zero-order chi connectivity index (χ0) is 12.5. The molecular formula is C14H9N3O. The summed E-state index contributed by atoms with van der Waals surface area (Å²) in [6.45, 7) is 0. The molecular weight excluding hydrogens is 226 g/mol. The average Bonchev–Trinajstić information content (AvgIpc) is 2.84. The van der Waals surface area contributed by atoms with Gasteiger partial charge in [0.2, 0.25) is 0 Å². The van der Waals surface area contributed by atoms with Crippen LogP contribution in [0.3, 0.4) is 0 Å². The molecule has 4 nitrogen and oxygen atoms in total. The van der Waals surface area contributed by atoms with Gasteiger partial charge in [0, 0.05) is 6.20 Å². The Hall–Kier alpha value is -2.80. The number of fused-ring (bicyclic) bond motifs is 1. The van der Waals surface area contributed by atoms with Gasteiger partial charge in [-0.05, 0) is 18.2 Å². The lowest BCUT2D eigenvalue weighted by atomic mass is 10.3. The minimum atomic E-state index is -0.172. The molecule has 0 aliphatic carbocycles. The van der Waals surface area contributed by atoms with Crippen LogP contribution in [0.4, 0.5) is 0 Å². The fraction of sp³-hybridized carbons (Fsp3) is 0. The summed E-state index contributed by atoms with van der Waals surface area (Å²) in [5, 5.41) is 4.17. The van der Waals surface area contributed by atoms with E-state index < -0.39 is 0 Å². The summed E-state index contributed by atoms with van der Waals surface area (Å²) in [5.41, 5.74) is 1.57. The standard InChI is InChI=1S/C14H9N3O/c1-2-11-8-9-17-13(11)14(18)16(10-15-17)12-6-4-3-5-7-12/h1,3-10H. The fourth-order valence-corrected chi connectivity index (χ4v) is 1.89. The first-order chi connectivity index (χ1) is 8.81. The third-order valence-corrected chi connectivity index (χ3v) is 2.77. The van der Waals surface area contributed by atoms with E-state index in [0.29, 0.717) is 11.1 Å². The lowest BCUT2D eigenvalue weighted by Gasteiger charge is -2.05. The lowest BCUT2D eigenvalue weighted by Crippen LogP contribution is -2.21. The number of nitrogens with zero attached hydrogens (tertiary/aromatic N) is 3. The number of rotatable bonds is 1. The molecule has 0 amide bonds. The summed E-state index contributed by atoms with van der Waals surface area (Å²) in [5.74, 6) is 2.50. The predicted octanol–water partition coefficient (Wildman–Crippen LogP) is 1.47. The smallest absolute Gasteiger partial charge is 0.266 e. The van der Waals surface area contributed by atoms with Crippen LogP contribution >= 0.6 is 0 Å². The summed E-state index contributed by atoms with van der Waals surface area (Å²) in [6, 6.07) is 11.0. The predicted molar refractivity (Wildman–Crippen MR) is 68.7 cm³/mol. The van der Waals surface area contributed by atoms with E-state index in [2.05, 4.69) is 11.0 Å². The number of hydrogen-bond donors (Lipinski definition) is 0. The van der Waals surface area contributed by atoms with Crippen LogP contribution in [0.5, 0.6) is 0 Å². The topological polar surface area (TPSA) is 39.3 Å². The van der Waals surface area contributed by atoms with Crippen molar-refractivity contribution in [2.24, 2.45) is 0 Å². The second-order valence-corrected chi connectivity index (χ2v) is 3.81. The van der Waals surface area contributed by atoms with E-state index in [1.807, 2.05) is 30.3 Å². The van der Waals surface area contributed by atoms with Gasteiger partial charge in [0.15, 0.2) is 0 Å². The van der Waals surface area contributed by atoms with Gasteiger partial charge in [-0.25, -0.2) is 4.52 Å². The average molecular weight is 235 g/mol. The van der Waals surface area contributed by atoms with Crippen molar-refractivity contribution >= 4 is 5.52 Å². The molecule has 3 rings (SSSR count). The zero-order valence-corrected chi connectivity index (χ0v) is 9.45. The van der Waals surface area contributed by atoms with Crippen molar-refractivity contribution in [3.05, 3.63) is 64.8 Å². The van der Waals surface area contributed by atoms with Gasteiger partial charge >= 0.3 is 0 Å². The van der Waals surface area contributed by atoms with Gasteiger partial charge < -0.3 is 0 Å². The summed E-state index contributed by atoms with van der Waals surface area (Å²) >= 11 is 0. The maximum atomic E-state index is 12.4. The van der Waals surface area contributed by atoms with Crippen LogP contribution in [0.25, 0.3) is 11.2 Å². The Morgan fingerprint density at radius 2 is 1.94 bits per heavy atom. The van der Waals surface area contributed by atoms with Crippen molar-refractivity contribution < 1.29 is 0 Å². The zero-order valence-electron chi connectivity index (χ0n) is 9.45. The minimum Gasteiger partial charge on any atom is -0.266 e. The van der Waals surface area contributed by atoms with E-state index in [-0.39, 0.29) is 5.56 Å². The molecule has 2 heterocycles. The summed E-state index contributed by atoms with van der Waals surface area (Å²) in [6.07, 6.45) is 8.55. The minimum absolute atomic E-state index is 0.172. The number of hydrogen-bond acceptors (Lipinski definition) is 2. The molecule has 3 aromatic rings. The van der Waals surface area contributed by atoms with Gasteiger partial charge in [0.25, 0.3) is 5.56 Å². The van der Waals surface area contributed by atoms with Crippen LogP contribution in [-0.4, -0.2) is 14.2 Å². The molecule has 86 valence electrons. The summed E-state index contributed by atoms with van der Waals surface area (Å²) < 4.78 is 2.98. The van der Waals surface area contributed by atoms with Crippen LogP contribution in [0.2, 0.25) is 0 Å². The Kier molecular flexibility index (Phi) is 2.24. The van der Waals surface area contributed by atoms with Crippen molar-refractivity contribution in [1.29, 1.82) is 0 Å². The molecule has 0 aliphatic heterocycles. The first-order valence-corrected chi connectivity index (χ1v) is 5.42. The molecule has 18 heavy (non-hydrogen) atoms. The second kappa shape index (κ2) is 3.90. The fourth-order valence-electron chi connectivity index (χ4n) is 1.89. The third kappa shape index (κ3) is 1.42. The largest absolute Gasteiger partial charge is 0.283 e. The van der Waals surface area contributed by atoms with E-state index in [9.17, 15) is 4.79 Å². The van der Waals surface area contributed by atoms with Gasteiger partial charge in [-0.3, -0.25) is 9.36 Å². The number of benzene rings is 1. The van der Waals surface area contributed by atoms with Crippen LogP contribution in [0.1, 0.15) is 5.56 Å². The Bertz CT molecular complexity index is 806. The molecule has 0 fully saturated rings. The van der Waals surface area contributed by atoms with Crippen molar-refractivity contribution in [3.8, 4) is 18.0 Å². The summed E-state index contributed by atoms with van der Waals surface area (Å²) in [7, 11) is 0. The van der Waals surface area contributed by atoms with Gasteiger partial charge in [0.1, 0.15) is 11.8 Å². The maximum absolute atomic E-state index is 12.4. The number of para-hydroxylation sites is 1. The molecule has 0 N–H and O–H groups in total. The van der Waals surface area contributed by atoms with Crippen molar-refractivity contribution in [1.82, 2.24) is 14.2 Å². The van der Waals surface area contributed by atoms with Crippen LogP contribution in [0, 0.1) is 12.3 Å². The Balaban J connectivity index is 2.37. The highest BCUT2D eigenvalue weighted by molar-refractivity contribution is 5.61. The summed E-state index contributed by atoms with van der Waals surface area (Å²) in [4.78, 5) is 12.4. The Morgan fingerprint density at radius 1 is 1.17 bits per heavy atom. The first kappa shape index (κ1) is 10.4. The normalized spacial score (nSPS) is 10.4. The highest BCUT2D eigenvalue weighted by Gasteiger charge is 2.09. The number of terminal acetylenes is 1. The molecule has 2 aromatic heterocycles. The molecule has 0 atom stereocenters. The molecule has 0 spiro atoms. The van der Waals surface area contributed by atoms with Gasteiger partial charge in [-0.15, -0.1) is 6.42 Å². The van der Waals surface area contributed by atoms with Gasteiger partial charge in [-0.2, -0.15) is 5.10 Å². The lowest BCUT2D eigenvalue weighted by molar-refractivity contribution is 0.826. The van der Waals surface area contributed by atoms with Crippen molar-refractivity contribution in [3.63, 3.8) is 0 Å². The van der Waals surface area contributed by atoms with E-state index in [1.54, 1.807) is 12.3 Å². The maximum Gasteiger partial charge on any atom is 0.283 e. The van der Waals surface area contributed by atoms with E-state index in [0.717, 1.165) is 5.69 Å². The van der Waals surface area contributed by atoms with Crippen molar-refractivity contribution in [2.75, 3.05) is 0 Å². The highest BCUT2D eigenvalue weighted by atomic mass is 16.1. The molecule has 0 saturated heterocycles. The molecule has 4 heteroatoms. The quantitative estimate of drug-likeness (QED) is 0.599. The van der Waals surface area contributed by atoms with E-state index >= 15 is 0 Å². The van der Waals surface area contributed by atoms with Crippen LogP contribution in [0.15, 0.2) is 53.7 Å². The molecule has 1 aromatic carbocycles. The highest BCUT2D eigenvalue weighted by Crippen LogP contribution is 2.08. The monoisotopic (exact) mass is 235 g/mol. The Labute approximate surface area is 103 Å². The molecule has 0 unspecified atom stereocenters. The van der Waals surface area contributed by atoms with Crippen LogP contribution in [-0.2, 0) is 0 Å². The molecule has 0 aliphatic rings. The first-order valence-electron chi connectivity index (χ1n) is 5.42. The molecule has 0 bridgehead atoms. The second-order valence-electron chi connectivity index (χ2n) is 3.81.